The molecule has 0 bridgehead atoms. The standard InChI is InChI=1S/C15H26N2OS/c1-4-15(5-2,16-10-11-18-3)14-17-12-8-6-7-9-13(12)19-14/h16H,4-11H2,1-3H3. The molecule has 0 amide bonds. The van der Waals surface area contributed by atoms with Gasteiger partial charge in [-0.15, -0.1) is 11.3 Å². The van der Waals surface area contributed by atoms with E-state index in [9.17, 15) is 0 Å². The third kappa shape index (κ3) is 3.18. The average Bonchev–Trinajstić information content (AvgIpc) is 2.88. The van der Waals surface area contributed by atoms with Crippen LogP contribution >= 0.6 is 11.3 Å². The van der Waals surface area contributed by atoms with E-state index in [0.29, 0.717) is 0 Å². The van der Waals surface area contributed by atoms with Crippen molar-refractivity contribution in [1.29, 1.82) is 0 Å². The predicted octanol–water partition coefficient (Wildman–Crippen LogP) is 3.27. The van der Waals surface area contributed by atoms with Crippen LogP contribution in [0.5, 0.6) is 0 Å². The number of aryl methyl sites for hydroxylation is 2. The molecule has 1 heterocycles. The molecule has 1 aliphatic carbocycles. The largest absolute Gasteiger partial charge is 0.383 e. The highest BCUT2D eigenvalue weighted by Gasteiger charge is 2.32. The third-order valence-corrected chi connectivity index (χ3v) is 5.59. The summed E-state index contributed by atoms with van der Waals surface area (Å²) in [6.07, 6.45) is 7.21. The fourth-order valence-corrected chi connectivity index (χ4v) is 4.28. The Labute approximate surface area is 120 Å². The van der Waals surface area contributed by atoms with Crippen molar-refractivity contribution in [2.24, 2.45) is 0 Å². The first-order valence-electron chi connectivity index (χ1n) is 7.48. The fraction of sp³-hybridized carbons (Fsp3) is 0.800. The van der Waals surface area contributed by atoms with Crippen LogP contribution < -0.4 is 5.32 Å². The Kier molecular flexibility index (Phi) is 5.37. The lowest BCUT2D eigenvalue weighted by Gasteiger charge is -2.31. The molecule has 19 heavy (non-hydrogen) atoms. The first-order valence-corrected chi connectivity index (χ1v) is 8.30. The zero-order valence-electron chi connectivity index (χ0n) is 12.4. The molecular formula is C15H26N2OS. The summed E-state index contributed by atoms with van der Waals surface area (Å²) in [5.74, 6) is 0. The zero-order chi connectivity index (χ0) is 13.7. The molecule has 1 aliphatic rings. The van der Waals surface area contributed by atoms with Crippen molar-refractivity contribution in [2.75, 3.05) is 20.3 Å². The van der Waals surface area contributed by atoms with Gasteiger partial charge in [0.25, 0.3) is 0 Å². The number of ether oxygens (including phenoxy) is 1. The second-order valence-electron chi connectivity index (χ2n) is 5.30. The number of nitrogens with one attached hydrogen (secondary N) is 1. The summed E-state index contributed by atoms with van der Waals surface area (Å²) < 4.78 is 5.16. The van der Waals surface area contributed by atoms with E-state index in [1.165, 1.54) is 41.3 Å². The summed E-state index contributed by atoms with van der Waals surface area (Å²) in [6.45, 7) is 6.16. The molecule has 1 aromatic rings. The van der Waals surface area contributed by atoms with Crippen LogP contribution in [0.1, 0.15) is 55.1 Å². The molecule has 0 saturated carbocycles. The quantitative estimate of drug-likeness (QED) is 0.779. The normalized spacial score (nSPS) is 15.5. The van der Waals surface area contributed by atoms with Crippen molar-refractivity contribution in [3.8, 4) is 0 Å². The summed E-state index contributed by atoms with van der Waals surface area (Å²) in [7, 11) is 1.75. The van der Waals surface area contributed by atoms with Gasteiger partial charge in [0.05, 0.1) is 17.8 Å². The van der Waals surface area contributed by atoms with Gasteiger partial charge in [0.2, 0.25) is 0 Å². The van der Waals surface area contributed by atoms with Crippen molar-refractivity contribution >= 4 is 11.3 Å². The Bertz CT molecular complexity index is 375. The smallest absolute Gasteiger partial charge is 0.113 e. The average molecular weight is 282 g/mol. The molecular weight excluding hydrogens is 256 g/mol. The summed E-state index contributed by atoms with van der Waals surface area (Å²) in [5.41, 5.74) is 1.41. The Morgan fingerprint density at radius 3 is 2.63 bits per heavy atom. The first-order chi connectivity index (χ1) is 9.25. The molecule has 108 valence electrons. The van der Waals surface area contributed by atoms with Gasteiger partial charge in [-0.2, -0.15) is 0 Å². The van der Waals surface area contributed by atoms with E-state index in [4.69, 9.17) is 9.72 Å². The Hall–Kier alpha value is -0.450. The highest BCUT2D eigenvalue weighted by atomic mass is 32.1. The van der Waals surface area contributed by atoms with E-state index in [0.717, 1.165) is 26.0 Å². The van der Waals surface area contributed by atoms with Crippen LogP contribution in [0, 0.1) is 0 Å². The molecule has 0 aliphatic heterocycles. The molecule has 0 fully saturated rings. The minimum Gasteiger partial charge on any atom is -0.383 e. The van der Waals surface area contributed by atoms with E-state index in [2.05, 4.69) is 19.2 Å². The van der Waals surface area contributed by atoms with Crippen LogP contribution in [0.15, 0.2) is 0 Å². The predicted molar refractivity (Wildman–Crippen MR) is 80.9 cm³/mol. The van der Waals surface area contributed by atoms with Crippen LogP contribution in [0.4, 0.5) is 0 Å². The highest BCUT2D eigenvalue weighted by Crippen LogP contribution is 2.36. The van der Waals surface area contributed by atoms with Crippen LogP contribution in [-0.4, -0.2) is 25.2 Å². The minimum atomic E-state index is 0.0422. The van der Waals surface area contributed by atoms with Gasteiger partial charge in [0.15, 0.2) is 0 Å². The van der Waals surface area contributed by atoms with E-state index in [1.54, 1.807) is 7.11 Å². The number of thiazole rings is 1. The van der Waals surface area contributed by atoms with Crippen LogP contribution in [-0.2, 0) is 23.1 Å². The van der Waals surface area contributed by atoms with Crippen LogP contribution in [0.25, 0.3) is 0 Å². The van der Waals surface area contributed by atoms with Crippen molar-refractivity contribution in [3.05, 3.63) is 15.6 Å². The van der Waals surface area contributed by atoms with Gasteiger partial charge in [-0.1, -0.05) is 13.8 Å². The second-order valence-corrected chi connectivity index (χ2v) is 6.39. The lowest BCUT2D eigenvalue weighted by Crippen LogP contribution is -2.43. The molecule has 1 N–H and O–H groups in total. The SMILES string of the molecule is CCC(CC)(NCCOC)c1nc2c(s1)CCCC2. The number of hydrogen-bond donors (Lipinski definition) is 1. The molecule has 1 aromatic heterocycles. The molecule has 0 saturated heterocycles. The van der Waals surface area contributed by atoms with Gasteiger partial charge >= 0.3 is 0 Å². The van der Waals surface area contributed by atoms with Gasteiger partial charge in [-0.25, -0.2) is 4.98 Å². The van der Waals surface area contributed by atoms with E-state index in [1.807, 2.05) is 11.3 Å². The Balaban J connectivity index is 2.19. The van der Waals surface area contributed by atoms with E-state index < -0.39 is 0 Å². The Morgan fingerprint density at radius 1 is 1.26 bits per heavy atom. The topological polar surface area (TPSA) is 34.1 Å². The van der Waals surface area contributed by atoms with Crippen molar-refractivity contribution in [2.45, 2.75) is 57.9 Å². The molecule has 0 unspecified atom stereocenters. The van der Waals surface area contributed by atoms with Gasteiger partial charge in [0, 0.05) is 18.5 Å². The maximum atomic E-state index is 5.16. The second kappa shape index (κ2) is 6.82. The van der Waals surface area contributed by atoms with Crippen molar-refractivity contribution in [3.63, 3.8) is 0 Å². The van der Waals surface area contributed by atoms with Crippen LogP contribution in [0.3, 0.4) is 0 Å². The van der Waals surface area contributed by atoms with Crippen molar-refractivity contribution in [1.82, 2.24) is 10.3 Å². The van der Waals surface area contributed by atoms with Gasteiger partial charge in [0.1, 0.15) is 5.01 Å². The molecule has 0 spiro atoms. The fourth-order valence-electron chi connectivity index (χ4n) is 2.83. The first kappa shape index (κ1) is 14.9. The van der Waals surface area contributed by atoms with Gasteiger partial charge in [-0.05, 0) is 38.5 Å². The lowest BCUT2D eigenvalue weighted by atomic mass is 9.93. The molecule has 4 heteroatoms. The third-order valence-electron chi connectivity index (χ3n) is 4.23. The molecule has 0 radical (unpaired) electrons. The van der Waals surface area contributed by atoms with Gasteiger partial charge < -0.3 is 10.1 Å². The Morgan fingerprint density at radius 2 is 2.00 bits per heavy atom. The number of aromatic nitrogens is 1. The van der Waals surface area contributed by atoms with E-state index in [-0.39, 0.29) is 5.54 Å². The summed E-state index contributed by atoms with van der Waals surface area (Å²) >= 11 is 1.94. The number of hydrogen-bond acceptors (Lipinski definition) is 4. The lowest BCUT2D eigenvalue weighted by molar-refractivity contribution is 0.180. The zero-order valence-corrected chi connectivity index (χ0v) is 13.2. The maximum Gasteiger partial charge on any atom is 0.113 e. The monoisotopic (exact) mass is 282 g/mol. The maximum absolute atomic E-state index is 5.16. The number of rotatable bonds is 7. The summed E-state index contributed by atoms with van der Waals surface area (Å²) in [4.78, 5) is 6.49. The number of nitrogens with zero attached hydrogens (tertiary/aromatic N) is 1. The summed E-state index contributed by atoms with van der Waals surface area (Å²) in [6, 6.07) is 0. The molecule has 2 rings (SSSR count). The molecule has 0 aromatic carbocycles. The van der Waals surface area contributed by atoms with E-state index >= 15 is 0 Å². The van der Waals surface area contributed by atoms with Crippen LogP contribution in [0.2, 0.25) is 0 Å². The summed E-state index contributed by atoms with van der Waals surface area (Å²) in [5, 5.41) is 4.97. The molecule has 3 nitrogen and oxygen atoms in total. The number of fused-ring (bicyclic) bond motifs is 1. The minimum absolute atomic E-state index is 0.0422. The van der Waals surface area contributed by atoms with Gasteiger partial charge in [-0.3, -0.25) is 0 Å². The highest BCUT2D eigenvalue weighted by molar-refractivity contribution is 7.11. The number of methoxy groups -OCH3 is 1. The molecule has 0 atom stereocenters. The van der Waals surface area contributed by atoms with Crippen molar-refractivity contribution < 1.29 is 4.74 Å².